The number of para-hydroxylation sites is 1. The Bertz CT molecular complexity index is 780. The lowest BCUT2D eigenvalue weighted by Crippen LogP contribution is -2.68. The molecule has 3 saturated carbocycles. The van der Waals surface area contributed by atoms with Gasteiger partial charge in [-0.3, -0.25) is 14.4 Å². The Kier molecular flexibility index (Phi) is 4.53. The lowest BCUT2D eigenvalue weighted by Gasteiger charge is -2.56. The minimum absolute atomic E-state index is 0.0554. The summed E-state index contributed by atoms with van der Waals surface area (Å²) < 4.78 is 4.87. The molecule has 1 aromatic carbocycles. The van der Waals surface area contributed by atoms with Crippen LogP contribution in [0.3, 0.4) is 0 Å². The van der Waals surface area contributed by atoms with Crippen LogP contribution >= 0.6 is 0 Å². The van der Waals surface area contributed by atoms with Gasteiger partial charge in [0.05, 0.1) is 12.2 Å². The summed E-state index contributed by atoms with van der Waals surface area (Å²) in [4.78, 5) is 36.7. The van der Waals surface area contributed by atoms with Crippen molar-refractivity contribution in [3.63, 3.8) is 0 Å². The maximum atomic E-state index is 12.6. The molecule has 3 N–H and O–H groups in total. The van der Waals surface area contributed by atoms with E-state index in [1.807, 2.05) is 24.3 Å². The molecule has 1 heterocycles. The van der Waals surface area contributed by atoms with Crippen molar-refractivity contribution in [2.24, 2.45) is 17.8 Å². The summed E-state index contributed by atoms with van der Waals surface area (Å²) >= 11 is 0. The van der Waals surface area contributed by atoms with Crippen molar-refractivity contribution in [2.75, 3.05) is 18.5 Å². The van der Waals surface area contributed by atoms with E-state index in [9.17, 15) is 14.4 Å². The number of esters is 1. The second-order valence-electron chi connectivity index (χ2n) is 7.70. The molecule has 7 nitrogen and oxygen atoms in total. The molecular formula is C20H25N3O4. The number of ether oxygens (including phenoxy) is 1. The maximum absolute atomic E-state index is 12.6. The molecular weight excluding hydrogens is 346 g/mol. The lowest BCUT2D eigenvalue weighted by molar-refractivity contribution is -0.145. The van der Waals surface area contributed by atoms with E-state index in [-0.39, 0.29) is 36.1 Å². The molecule has 0 aromatic heterocycles. The molecule has 1 aromatic rings. The fourth-order valence-corrected chi connectivity index (χ4v) is 4.97. The Morgan fingerprint density at radius 1 is 1.26 bits per heavy atom. The summed E-state index contributed by atoms with van der Waals surface area (Å²) in [7, 11) is 0. The van der Waals surface area contributed by atoms with Gasteiger partial charge in [-0.25, -0.2) is 0 Å². The molecule has 0 unspecified atom stereocenters. The van der Waals surface area contributed by atoms with E-state index in [1.165, 1.54) is 0 Å². The Hall–Kier alpha value is -2.57. The Morgan fingerprint density at radius 3 is 2.81 bits per heavy atom. The molecule has 3 aliphatic carbocycles. The number of hydrogen-bond donors (Lipinski definition) is 3. The van der Waals surface area contributed by atoms with E-state index < -0.39 is 11.6 Å². The van der Waals surface area contributed by atoms with Crippen molar-refractivity contribution >= 4 is 23.5 Å². The fraction of sp³-hybridized carbons (Fsp3) is 0.550. The molecule has 4 atom stereocenters. The van der Waals surface area contributed by atoms with Gasteiger partial charge in [-0.05, 0) is 50.7 Å². The van der Waals surface area contributed by atoms with Crippen molar-refractivity contribution < 1.29 is 19.1 Å². The predicted octanol–water partition coefficient (Wildman–Crippen LogP) is 1.65. The first-order valence-corrected chi connectivity index (χ1v) is 9.65. The predicted molar refractivity (Wildman–Crippen MR) is 98.8 cm³/mol. The monoisotopic (exact) mass is 371 g/mol. The molecule has 1 spiro atoms. The molecule has 0 radical (unpaired) electrons. The number of fused-ring (bicyclic) bond motifs is 3. The molecule has 0 saturated heterocycles. The van der Waals surface area contributed by atoms with Gasteiger partial charge in [0.15, 0.2) is 0 Å². The van der Waals surface area contributed by atoms with Crippen LogP contribution in [-0.4, -0.2) is 36.6 Å². The van der Waals surface area contributed by atoms with E-state index in [0.717, 1.165) is 24.9 Å². The molecule has 7 heteroatoms. The summed E-state index contributed by atoms with van der Waals surface area (Å²) in [6, 6.07) is 7.53. The number of carbonyl (C=O) groups is 3. The van der Waals surface area contributed by atoms with Crippen LogP contribution in [0.5, 0.6) is 0 Å². The lowest BCUT2D eigenvalue weighted by atomic mass is 9.58. The van der Waals surface area contributed by atoms with Crippen LogP contribution in [0.25, 0.3) is 0 Å². The van der Waals surface area contributed by atoms with E-state index in [2.05, 4.69) is 16.0 Å². The van der Waals surface area contributed by atoms with Crippen LogP contribution in [-0.2, 0) is 14.3 Å². The van der Waals surface area contributed by atoms with Gasteiger partial charge in [0.25, 0.3) is 5.91 Å². The zero-order valence-electron chi connectivity index (χ0n) is 15.4. The zero-order chi connectivity index (χ0) is 19.0. The summed E-state index contributed by atoms with van der Waals surface area (Å²) in [5, 5.41) is 9.47. The minimum atomic E-state index is -0.480. The standard InChI is InChI=1S/C20H25N3O4/c1-2-27-17(24)11-21-18(25)15-9-13-8-7-12(15)10-20(13)22-16-6-4-3-5-14(16)19(26)23-20/h3-6,12-13,15,22H,2,7-11H2,1H3,(H,21,25)(H,23,26)/t12-,13-,15+,20-/m1/s1. The SMILES string of the molecule is CCOC(=O)CNC(=O)[C@H]1C[C@H]2CC[C@@H]1C[C@@]21NC(=O)c2ccccc2N1. The molecule has 4 aliphatic rings. The molecule has 144 valence electrons. The van der Waals surface area contributed by atoms with Crippen molar-refractivity contribution in [1.29, 1.82) is 0 Å². The Balaban J connectivity index is 1.46. The number of anilines is 1. The zero-order valence-corrected chi connectivity index (χ0v) is 15.4. The normalized spacial score (nSPS) is 30.9. The summed E-state index contributed by atoms with van der Waals surface area (Å²) in [6.07, 6.45) is 3.36. The molecule has 3 fully saturated rings. The number of benzene rings is 1. The second-order valence-corrected chi connectivity index (χ2v) is 7.70. The third kappa shape index (κ3) is 3.15. The van der Waals surface area contributed by atoms with Gasteiger partial charge >= 0.3 is 5.97 Å². The highest BCUT2D eigenvalue weighted by atomic mass is 16.5. The number of amides is 2. The summed E-state index contributed by atoms with van der Waals surface area (Å²) in [5.41, 5.74) is 1.04. The first-order chi connectivity index (χ1) is 13.0. The minimum Gasteiger partial charge on any atom is -0.465 e. The number of nitrogens with one attached hydrogen (secondary N) is 3. The van der Waals surface area contributed by atoms with Crippen molar-refractivity contribution in [1.82, 2.24) is 10.6 Å². The van der Waals surface area contributed by atoms with E-state index in [1.54, 1.807) is 6.92 Å². The fourth-order valence-electron chi connectivity index (χ4n) is 4.97. The van der Waals surface area contributed by atoms with E-state index in [0.29, 0.717) is 18.6 Å². The van der Waals surface area contributed by atoms with Crippen molar-refractivity contribution in [2.45, 2.75) is 38.3 Å². The highest BCUT2D eigenvalue weighted by molar-refractivity contribution is 6.02. The van der Waals surface area contributed by atoms with Gasteiger partial charge in [-0.2, -0.15) is 0 Å². The quantitative estimate of drug-likeness (QED) is 0.700. The summed E-state index contributed by atoms with van der Waals surface area (Å²) in [6.45, 7) is 1.95. The molecule has 1 aliphatic heterocycles. The summed E-state index contributed by atoms with van der Waals surface area (Å²) in [5.74, 6) is -0.329. The Labute approximate surface area is 158 Å². The van der Waals surface area contributed by atoms with Crippen LogP contribution in [0.2, 0.25) is 0 Å². The van der Waals surface area contributed by atoms with Gasteiger partial charge in [0.2, 0.25) is 5.91 Å². The topological polar surface area (TPSA) is 96.5 Å². The average Bonchev–Trinajstić information content (AvgIpc) is 2.66. The van der Waals surface area contributed by atoms with Crippen LogP contribution in [0.1, 0.15) is 43.0 Å². The van der Waals surface area contributed by atoms with E-state index >= 15 is 0 Å². The van der Waals surface area contributed by atoms with Crippen LogP contribution in [0.15, 0.2) is 24.3 Å². The smallest absolute Gasteiger partial charge is 0.325 e. The van der Waals surface area contributed by atoms with Gasteiger partial charge < -0.3 is 20.7 Å². The number of rotatable bonds is 4. The third-order valence-corrected chi connectivity index (χ3v) is 6.19. The highest BCUT2D eigenvalue weighted by Crippen LogP contribution is 2.51. The van der Waals surface area contributed by atoms with Crippen molar-refractivity contribution in [3.8, 4) is 0 Å². The first-order valence-electron chi connectivity index (χ1n) is 9.65. The molecule has 27 heavy (non-hydrogen) atoms. The molecule has 5 rings (SSSR count). The average molecular weight is 371 g/mol. The molecule has 2 amide bonds. The first kappa shape index (κ1) is 17.8. The number of carbonyl (C=O) groups excluding carboxylic acids is 3. The largest absolute Gasteiger partial charge is 0.465 e. The van der Waals surface area contributed by atoms with Crippen LogP contribution in [0.4, 0.5) is 5.69 Å². The third-order valence-electron chi connectivity index (χ3n) is 6.19. The maximum Gasteiger partial charge on any atom is 0.325 e. The van der Waals surface area contributed by atoms with Gasteiger partial charge in [-0.1, -0.05) is 12.1 Å². The highest BCUT2D eigenvalue weighted by Gasteiger charge is 2.55. The van der Waals surface area contributed by atoms with Gasteiger partial charge in [-0.15, -0.1) is 0 Å². The number of hydrogen-bond acceptors (Lipinski definition) is 5. The van der Waals surface area contributed by atoms with Gasteiger partial charge in [0.1, 0.15) is 12.2 Å². The van der Waals surface area contributed by atoms with Crippen molar-refractivity contribution in [3.05, 3.63) is 29.8 Å². The molecule has 2 bridgehead atoms. The van der Waals surface area contributed by atoms with E-state index in [4.69, 9.17) is 4.74 Å². The second kappa shape index (κ2) is 6.87. The Morgan fingerprint density at radius 2 is 2.07 bits per heavy atom. The van der Waals surface area contributed by atoms with Gasteiger partial charge in [0, 0.05) is 17.5 Å². The van der Waals surface area contributed by atoms with Crippen LogP contribution < -0.4 is 16.0 Å². The van der Waals surface area contributed by atoms with Crippen LogP contribution in [0, 0.1) is 17.8 Å².